The average Bonchev–Trinajstić information content (AvgIpc) is 2.86. The first-order valence-electron chi connectivity index (χ1n) is 12.2. The number of benzene rings is 2. The number of hydrogen-bond donors (Lipinski definition) is 0. The molecule has 188 valence electrons. The summed E-state index contributed by atoms with van der Waals surface area (Å²) in [5.41, 5.74) is 1.31. The van der Waals surface area contributed by atoms with Gasteiger partial charge in [-0.25, -0.2) is 9.59 Å². The van der Waals surface area contributed by atoms with E-state index in [1.165, 1.54) is 6.08 Å². The Morgan fingerprint density at radius 2 is 1.31 bits per heavy atom. The molecule has 2 rings (SSSR count). The van der Waals surface area contributed by atoms with Crippen LogP contribution in [0.3, 0.4) is 0 Å². The van der Waals surface area contributed by atoms with Crippen LogP contribution in [0, 0.1) is 0 Å². The molecule has 0 heterocycles. The zero-order chi connectivity index (χ0) is 25.3. The number of carbonyl (C=O) groups is 2. The van der Waals surface area contributed by atoms with E-state index in [1.54, 1.807) is 37.3 Å². The van der Waals surface area contributed by atoms with Crippen molar-refractivity contribution in [2.75, 3.05) is 19.8 Å². The second-order valence-corrected chi connectivity index (χ2v) is 8.18. The first-order valence-corrected chi connectivity index (χ1v) is 12.2. The summed E-state index contributed by atoms with van der Waals surface area (Å²) in [5, 5.41) is 0. The summed E-state index contributed by atoms with van der Waals surface area (Å²) in [7, 11) is 0. The van der Waals surface area contributed by atoms with E-state index in [-0.39, 0.29) is 5.97 Å². The van der Waals surface area contributed by atoms with Crippen molar-refractivity contribution >= 4 is 18.0 Å². The van der Waals surface area contributed by atoms with Gasteiger partial charge < -0.3 is 18.9 Å². The smallest absolute Gasteiger partial charge is 0.336 e. The van der Waals surface area contributed by atoms with Crippen molar-refractivity contribution in [2.24, 2.45) is 0 Å². The van der Waals surface area contributed by atoms with Crippen molar-refractivity contribution in [3.8, 4) is 17.2 Å². The molecule has 0 aliphatic rings. The van der Waals surface area contributed by atoms with Crippen molar-refractivity contribution in [2.45, 2.75) is 52.4 Å². The van der Waals surface area contributed by atoms with E-state index >= 15 is 0 Å². The molecule has 0 aliphatic heterocycles. The Morgan fingerprint density at radius 1 is 0.771 bits per heavy atom. The van der Waals surface area contributed by atoms with E-state index in [0.29, 0.717) is 31.1 Å². The van der Waals surface area contributed by atoms with Crippen LogP contribution in [0.2, 0.25) is 0 Å². The fraction of sp³-hybridized carbons (Fsp3) is 0.379. The lowest BCUT2D eigenvalue weighted by Gasteiger charge is -2.08. The third kappa shape index (κ3) is 11.9. The molecule has 0 unspecified atom stereocenters. The van der Waals surface area contributed by atoms with Crippen LogP contribution >= 0.6 is 0 Å². The predicted octanol–water partition coefficient (Wildman–Crippen LogP) is 6.54. The Balaban J connectivity index is 1.62. The molecular weight excluding hydrogens is 444 g/mol. The van der Waals surface area contributed by atoms with Gasteiger partial charge in [0.05, 0.1) is 19.8 Å². The molecule has 0 fully saturated rings. The lowest BCUT2D eigenvalue weighted by Crippen LogP contribution is -2.06. The van der Waals surface area contributed by atoms with Crippen molar-refractivity contribution in [1.82, 2.24) is 0 Å². The Kier molecular flexibility index (Phi) is 12.8. The van der Waals surface area contributed by atoms with Gasteiger partial charge in [-0.15, -0.1) is 0 Å². The molecule has 0 N–H and O–H groups in total. The van der Waals surface area contributed by atoms with Gasteiger partial charge in [0.15, 0.2) is 0 Å². The molecule has 6 heteroatoms. The summed E-state index contributed by atoms with van der Waals surface area (Å²) in [4.78, 5) is 23.4. The topological polar surface area (TPSA) is 71.1 Å². The van der Waals surface area contributed by atoms with Crippen LogP contribution in [0.5, 0.6) is 17.2 Å². The zero-order valence-electron chi connectivity index (χ0n) is 20.8. The molecule has 0 amide bonds. The van der Waals surface area contributed by atoms with Crippen molar-refractivity contribution in [3.63, 3.8) is 0 Å². The Bertz CT molecular complexity index is 944. The molecule has 0 saturated heterocycles. The SMILES string of the molecule is C=C(C)C(=O)OCCCCCCOc1ccc(OC(=O)/C=C/c2ccc(OCCCC)cc2)cc1. The highest BCUT2D eigenvalue weighted by Crippen LogP contribution is 2.19. The molecule has 0 saturated carbocycles. The molecule has 0 aliphatic carbocycles. The zero-order valence-corrected chi connectivity index (χ0v) is 20.8. The second kappa shape index (κ2) is 16.1. The largest absolute Gasteiger partial charge is 0.494 e. The van der Waals surface area contributed by atoms with Gasteiger partial charge in [0.2, 0.25) is 0 Å². The van der Waals surface area contributed by atoms with Crippen LogP contribution < -0.4 is 14.2 Å². The van der Waals surface area contributed by atoms with Crippen LogP contribution in [-0.2, 0) is 14.3 Å². The number of ether oxygens (including phenoxy) is 4. The quantitative estimate of drug-likeness (QED) is 0.118. The van der Waals surface area contributed by atoms with Crippen molar-refractivity contribution < 1.29 is 28.5 Å². The Hall–Kier alpha value is -3.54. The highest BCUT2D eigenvalue weighted by molar-refractivity contribution is 5.88. The van der Waals surface area contributed by atoms with Crippen LogP contribution in [0.4, 0.5) is 0 Å². The Morgan fingerprint density at radius 3 is 1.91 bits per heavy atom. The predicted molar refractivity (Wildman–Crippen MR) is 138 cm³/mol. The minimum absolute atomic E-state index is 0.336. The monoisotopic (exact) mass is 480 g/mol. The third-order valence-electron chi connectivity index (χ3n) is 4.99. The second-order valence-electron chi connectivity index (χ2n) is 8.18. The fourth-order valence-electron chi connectivity index (χ4n) is 2.96. The highest BCUT2D eigenvalue weighted by atomic mass is 16.5. The van der Waals surface area contributed by atoms with E-state index in [2.05, 4.69) is 13.5 Å². The number of rotatable bonds is 16. The molecule has 0 aromatic heterocycles. The lowest BCUT2D eigenvalue weighted by molar-refractivity contribution is -0.139. The van der Waals surface area contributed by atoms with E-state index in [1.807, 2.05) is 24.3 Å². The number of unbranched alkanes of at least 4 members (excludes halogenated alkanes) is 4. The maximum Gasteiger partial charge on any atom is 0.336 e. The van der Waals surface area contributed by atoms with E-state index in [9.17, 15) is 9.59 Å². The van der Waals surface area contributed by atoms with E-state index in [0.717, 1.165) is 55.6 Å². The first kappa shape index (κ1) is 27.7. The Labute approximate surface area is 208 Å². The normalized spacial score (nSPS) is 10.7. The summed E-state index contributed by atoms with van der Waals surface area (Å²) in [6.45, 7) is 9.03. The number of esters is 2. The standard InChI is InChI=1S/C29H36O6/c1-4-5-20-32-25-13-10-24(11-14-25)12-19-28(30)35-27-17-15-26(16-18-27)33-21-8-6-7-9-22-34-29(31)23(2)3/h10-19H,2,4-9,20-22H2,1,3H3/b19-12+. The summed E-state index contributed by atoms with van der Waals surface area (Å²) < 4.78 is 21.8. The van der Waals surface area contributed by atoms with Gasteiger partial charge in [0, 0.05) is 11.6 Å². The molecule has 2 aromatic carbocycles. The maximum absolute atomic E-state index is 12.1. The molecule has 35 heavy (non-hydrogen) atoms. The molecular formula is C29H36O6. The third-order valence-corrected chi connectivity index (χ3v) is 4.99. The van der Waals surface area contributed by atoms with Crippen LogP contribution in [-0.4, -0.2) is 31.8 Å². The molecule has 0 spiro atoms. The van der Waals surface area contributed by atoms with Gasteiger partial charge in [0.25, 0.3) is 0 Å². The van der Waals surface area contributed by atoms with Crippen LogP contribution in [0.15, 0.2) is 66.8 Å². The fourth-order valence-corrected chi connectivity index (χ4v) is 2.96. The van der Waals surface area contributed by atoms with Gasteiger partial charge in [-0.3, -0.25) is 0 Å². The molecule has 0 atom stereocenters. The summed E-state index contributed by atoms with van der Waals surface area (Å²) in [6, 6.07) is 14.5. The van der Waals surface area contributed by atoms with Crippen LogP contribution in [0.1, 0.15) is 57.9 Å². The van der Waals surface area contributed by atoms with Crippen molar-refractivity contribution in [1.29, 1.82) is 0 Å². The number of carbonyl (C=O) groups excluding carboxylic acids is 2. The lowest BCUT2D eigenvalue weighted by atomic mass is 10.2. The van der Waals surface area contributed by atoms with Gasteiger partial charge in [-0.1, -0.05) is 32.1 Å². The minimum atomic E-state index is -0.448. The van der Waals surface area contributed by atoms with E-state index < -0.39 is 5.97 Å². The number of hydrogen-bond acceptors (Lipinski definition) is 6. The first-order chi connectivity index (χ1) is 17.0. The average molecular weight is 481 g/mol. The molecule has 2 aromatic rings. The van der Waals surface area contributed by atoms with Gasteiger partial charge in [-0.2, -0.15) is 0 Å². The summed E-state index contributed by atoms with van der Waals surface area (Å²) >= 11 is 0. The maximum atomic E-state index is 12.1. The van der Waals surface area contributed by atoms with Gasteiger partial charge >= 0.3 is 11.9 Å². The molecule has 6 nitrogen and oxygen atoms in total. The highest BCUT2D eigenvalue weighted by Gasteiger charge is 2.03. The van der Waals surface area contributed by atoms with E-state index in [4.69, 9.17) is 18.9 Å². The molecule has 0 bridgehead atoms. The van der Waals surface area contributed by atoms with Crippen molar-refractivity contribution in [3.05, 3.63) is 72.3 Å². The minimum Gasteiger partial charge on any atom is -0.494 e. The van der Waals surface area contributed by atoms with Gasteiger partial charge in [-0.05, 0) is 87.1 Å². The summed E-state index contributed by atoms with van der Waals surface area (Å²) in [5.74, 6) is 1.21. The molecule has 0 radical (unpaired) electrons. The summed E-state index contributed by atoms with van der Waals surface area (Å²) in [6.07, 6.45) is 8.91. The van der Waals surface area contributed by atoms with Crippen LogP contribution in [0.25, 0.3) is 6.08 Å². The van der Waals surface area contributed by atoms with Gasteiger partial charge in [0.1, 0.15) is 17.2 Å².